The molecule has 158 valence electrons. The van der Waals surface area contributed by atoms with E-state index in [0.29, 0.717) is 0 Å². The quantitative estimate of drug-likeness (QED) is 0.294. The normalized spacial score (nSPS) is 10.5. The zero-order valence-electron chi connectivity index (χ0n) is 18.9. The van der Waals surface area contributed by atoms with Crippen LogP contribution in [0.1, 0.15) is 25.0 Å². The predicted octanol–water partition coefficient (Wildman–Crippen LogP) is 7.66. The average molecular weight is 409 g/mol. The Morgan fingerprint density at radius 3 is 2.26 bits per heavy atom. The lowest BCUT2D eigenvalue weighted by Gasteiger charge is -2.30. The molecule has 0 N–H and O–H groups in total. The van der Waals surface area contributed by atoms with Gasteiger partial charge in [-0.05, 0) is 55.3 Å². The van der Waals surface area contributed by atoms with Crippen molar-refractivity contribution in [3.63, 3.8) is 0 Å². The van der Waals surface area contributed by atoms with Gasteiger partial charge in [0.2, 0.25) is 0 Å². The van der Waals surface area contributed by atoms with E-state index >= 15 is 0 Å². The summed E-state index contributed by atoms with van der Waals surface area (Å²) >= 11 is 0. The van der Waals surface area contributed by atoms with Crippen molar-refractivity contribution in [1.29, 1.82) is 0 Å². The molecule has 31 heavy (non-hydrogen) atoms. The van der Waals surface area contributed by atoms with E-state index in [1.165, 1.54) is 11.1 Å². The summed E-state index contributed by atoms with van der Waals surface area (Å²) in [4.78, 5) is 4.25. The fraction of sp³-hybridized carbons (Fsp3) is 0.138. The van der Waals surface area contributed by atoms with Gasteiger partial charge in [-0.15, -0.1) is 0 Å². The van der Waals surface area contributed by atoms with Crippen LogP contribution in [-0.4, -0.2) is 7.05 Å². The monoisotopic (exact) mass is 408 g/mol. The molecule has 0 bridgehead atoms. The lowest BCUT2D eigenvalue weighted by atomic mass is 9.97. The number of para-hydroxylation sites is 1. The van der Waals surface area contributed by atoms with Gasteiger partial charge in [-0.2, -0.15) is 0 Å². The summed E-state index contributed by atoms with van der Waals surface area (Å²) in [7, 11) is 2.10. The second-order valence-electron chi connectivity index (χ2n) is 6.89. The Hall–Kier alpha value is -3.74. The van der Waals surface area contributed by atoms with E-state index in [4.69, 9.17) is 0 Å². The van der Waals surface area contributed by atoms with E-state index in [2.05, 4.69) is 106 Å². The Balaban J connectivity index is 2.73. The van der Waals surface area contributed by atoms with Crippen LogP contribution in [0.2, 0.25) is 0 Å². The Morgan fingerprint density at radius 1 is 1.00 bits per heavy atom. The van der Waals surface area contributed by atoms with Crippen LogP contribution in [-0.2, 0) is 6.42 Å². The molecule has 0 aliphatic carbocycles. The molecule has 0 heterocycles. The zero-order valence-corrected chi connectivity index (χ0v) is 18.9. The van der Waals surface area contributed by atoms with Crippen molar-refractivity contribution in [2.24, 2.45) is 0 Å². The van der Waals surface area contributed by atoms with Gasteiger partial charge in [0.1, 0.15) is 0 Å². The summed E-state index contributed by atoms with van der Waals surface area (Å²) in [6.45, 7) is 20.1. The first-order valence-corrected chi connectivity index (χ1v) is 10.4. The van der Waals surface area contributed by atoms with Crippen LogP contribution in [0.25, 0.3) is 5.70 Å². The van der Waals surface area contributed by atoms with Gasteiger partial charge in [0.15, 0.2) is 0 Å². The van der Waals surface area contributed by atoms with E-state index in [-0.39, 0.29) is 0 Å². The molecule has 2 aromatic carbocycles. The van der Waals surface area contributed by atoms with Crippen molar-refractivity contribution < 1.29 is 0 Å². The highest BCUT2D eigenvalue weighted by Gasteiger charge is 2.20. The van der Waals surface area contributed by atoms with Crippen LogP contribution in [0.15, 0.2) is 122 Å². The number of hydrogen-bond donors (Lipinski definition) is 0. The first-order valence-electron chi connectivity index (χ1n) is 10.4. The van der Waals surface area contributed by atoms with Gasteiger partial charge in [-0.3, -0.25) is 0 Å². The number of nitrogens with zero attached hydrogens (tertiary/aromatic N) is 2. The first kappa shape index (κ1) is 23.5. The number of anilines is 2. The summed E-state index contributed by atoms with van der Waals surface area (Å²) in [5, 5.41) is 0. The van der Waals surface area contributed by atoms with Crippen LogP contribution in [0.4, 0.5) is 11.4 Å². The van der Waals surface area contributed by atoms with Crippen molar-refractivity contribution in [3.8, 4) is 0 Å². The molecule has 0 radical (unpaired) electrons. The molecule has 0 aromatic heterocycles. The number of hydrogen-bond acceptors (Lipinski definition) is 2. The largest absolute Gasteiger partial charge is 0.344 e. The van der Waals surface area contributed by atoms with Crippen LogP contribution >= 0.6 is 0 Å². The Morgan fingerprint density at radius 2 is 1.71 bits per heavy atom. The van der Waals surface area contributed by atoms with Gasteiger partial charge in [0, 0.05) is 29.7 Å². The minimum absolute atomic E-state index is 0.755. The third-order valence-corrected chi connectivity index (χ3v) is 5.11. The lowest BCUT2D eigenvalue weighted by molar-refractivity contribution is 1.06. The van der Waals surface area contributed by atoms with Gasteiger partial charge >= 0.3 is 0 Å². The molecule has 0 saturated carbocycles. The van der Waals surface area contributed by atoms with Gasteiger partial charge in [0.25, 0.3) is 0 Å². The minimum atomic E-state index is 0.755. The second kappa shape index (κ2) is 11.4. The molecule has 0 aliphatic rings. The molecular formula is C29H32N2. The maximum atomic E-state index is 4.21. The van der Waals surface area contributed by atoms with Crippen molar-refractivity contribution >= 4 is 17.1 Å². The Labute approximate surface area is 187 Å². The van der Waals surface area contributed by atoms with Crippen molar-refractivity contribution in [2.75, 3.05) is 16.8 Å². The molecular weight excluding hydrogens is 376 g/mol. The molecule has 2 aromatic rings. The minimum Gasteiger partial charge on any atom is -0.344 e. The molecule has 0 unspecified atom stereocenters. The molecule has 2 nitrogen and oxygen atoms in total. The van der Waals surface area contributed by atoms with Crippen molar-refractivity contribution in [2.45, 2.75) is 20.3 Å². The van der Waals surface area contributed by atoms with Gasteiger partial charge < -0.3 is 9.80 Å². The summed E-state index contributed by atoms with van der Waals surface area (Å²) in [5.74, 6) is 0. The molecule has 0 atom stereocenters. The van der Waals surface area contributed by atoms with Crippen molar-refractivity contribution in [3.05, 3.63) is 133 Å². The summed E-state index contributed by atoms with van der Waals surface area (Å²) in [6.07, 6.45) is 9.99. The number of rotatable bonds is 10. The molecule has 0 saturated heterocycles. The van der Waals surface area contributed by atoms with E-state index in [9.17, 15) is 0 Å². The van der Waals surface area contributed by atoms with Gasteiger partial charge in [-0.25, -0.2) is 0 Å². The van der Waals surface area contributed by atoms with Crippen LogP contribution < -0.4 is 9.80 Å². The van der Waals surface area contributed by atoms with Crippen LogP contribution in [0.3, 0.4) is 0 Å². The van der Waals surface area contributed by atoms with E-state index < -0.39 is 0 Å². The fourth-order valence-electron chi connectivity index (χ4n) is 3.61. The molecule has 0 aliphatic heterocycles. The first-order chi connectivity index (χ1) is 15.0. The highest BCUT2D eigenvalue weighted by Crippen LogP contribution is 2.35. The molecule has 2 rings (SSSR count). The zero-order chi connectivity index (χ0) is 22.8. The van der Waals surface area contributed by atoms with E-state index in [1.807, 2.05) is 11.0 Å². The molecule has 0 fully saturated rings. The molecule has 0 spiro atoms. The summed E-state index contributed by atoms with van der Waals surface area (Å²) in [6, 6.07) is 16.7. The lowest BCUT2D eigenvalue weighted by Crippen LogP contribution is -2.22. The topological polar surface area (TPSA) is 6.48 Å². The van der Waals surface area contributed by atoms with E-state index in [1.54, 1.807) is 24.3 Å². The summed E-state index contributed by atoms with van der Waals surface area (Å²) < 4.78 is 0. The molecule has 2 heteroatoms. The number of benzene rings is 2. The third-order valence-electron chi connectivity index (χ3n) is 5.11. The van der Waals surface area contributed by atoms with Crippen LogP contribution in [0.5, 0.6) is 0 Å². The fourth-order valence-corrected chi connectivity index (χ4v) is 3.61. The van der Waals surface area contributed by atoms with Gasteiger partial charge in [0.05, 0.1) is 11.4 Å². The standard InChI is InChI=1S/C29H32N2/c1-8-13-18-24(10-3)31(23(6)9-2)29-22-17-21-27(26(29)11-4)28(12-5)30(7)25-19-15-14-16-20-25/h8-10,12-17,19-22H,1-3,6,11H2,4-5,7H3/b28-12+. The SMILES string of the molecule is C=CC=C=C(C=C)N(C(=C)C=C)c1cccc(/C(=C\C)N(C)c2ccccc2)c1CC. The molecule has 0 amide bonds. The Bertz CT molecular complexity index is 1050. The van der Waals surface area contributed by atoms with E-state index in [0.717, 1.165) is 34.9 Å². The third kappa shape index (κ3) is 5.25. The van der Waals surface area contributed by atoms with Crippen LogP contribution in [0, 0.1) is 0 Å². The second-order valence-corrected chi connectivity index (χ2v) is 6.89. The number of allylic oxidation sites excluding steroid dienone is 4. The maximum absolute atomic E-state index is 4.21. The maximum Gasteiger partial charge on any atom is 0.0884 e. The smallest absolute Gasteiger partial charge is 0.0884 e. The van der Waals surface area contributed by atoms with Gasteiger partial charge in [-0.1, -0.05) is 81.5 Å². The highest BCUT2D eigenvalue weighted by molar-refractivity contribution is 5.83. The highest BCUT2D eigenvalue weighted by atomic mass is 15.2. The predicted molar refractivity (Wildman–Crippen MR) is 138 cm³/mol. The summed E-state index contributed by atoms with van der Waals surface area (Å²) in [5.41, 5.74) is 10.5. The average Bonchev–Trinajstić information content (AvgIpc) is 2.82. The Kier molecular flexibility index (Phi) is 8.69. The van der Waals surface area contributed by atoms with Crippen molar-refractivity contribution in [1.82, 2.24) is 0 Å².